The monoisotopic (exact) mass is 518 g/mol. The van der Waals surface area contributed by atoms with E-state index in [0.717, 1.165) is 31.5 Å². The maximum atomic E-state index is 12.7. The molecule has 1 unspecified atom stereocenters. The van der Waals surface area contributed by atoms with E-state index in [-0.39, 0.29) is 17.4 Å². The molecule has 3 aliphatic rings. The second-order valence-electron chi connectivity index (χ2n) is 10.0. The molecular weight excluding hydrogens is 489 g/mol. The number of nitrogens with one attached hydrogen (secondary N) is 2. The van der Waals surface area contributed by atoms with E-state index in [1.807, 2.05) is 6.92 Å². The lowest BCUT2D eigenvalue weighted by Crippen LogP contribution is -2.53. The van der Waals surface area contributed by atoms with Gasteiger partial charge in [-0.2, -0.15) is 18.2 Å². The third-order valence-corrected chi connectivity index (χ3v) is 7.55. The fraction of sp³-hybridized carbons (Fsp3) is 0.520. The molecule has 1 spiro atoms. The molecule has 0 saturated heterocycles. The van der Waals surface area contributed by atoms with Crippen LogP contribution >= 0.6 is 0 Å². The first-order valence-corrected chi connectivity index (χ1v) is 12.0. The number of halogens is 3. The van der Waals surface area contributed by atoms with E-state index in [2.05, 4.69) is 27.2 Å². The molecule has 2 aromatic rings. The number of alkyl halides is 3. The van der Waals surface area contributed by atoms with Gasteiger partial charge in [0.25, 0.3) is 0 Å². The highest BCUT2D eigenvalue weighted by atomic mass is 19.4. The Morgan fingerprint density at radius 2 is 2.08 bits per heavy atom. The Hall–Kier alpha value is -3.41. The fourth-order valence-electron chi connectivity index (χ4n) is 5.47. The van der Waals surface area contributed by atoms with E-state index in [1.54, 1.807) is 18.0 Å². The lowest BCUT2D eigenvalue weighted by molar-refractivity contribution is -0.141. The molecule has 1 amide bonds. The van der Waals surface area contributed by atoms with Crippen LogP contribution in [0.3, 0.4) is 0 Å². The van der Waals surface area contributed by atoms with Crippen LogP contribution in [0.25, 0.3) is 0 Å². The van der Waals surface area contributed by atoms with Crippen LogP contribution in [0.2, 0.25) is 0 Å². The Morgan fingerprint density at radius 1 is 1.32 bits per heavy atom. The van der Waals surface area contributed by atoms with Gasteiger partial charge in [-0.3, -0.25) is 4.79 Å². The highest BCUT2D eigenvalue weighted by Gasteiger charge is 2.62. The van der Waals surface area contributed by atoms with Crippen LogP contribution in [0.5, 0.6) is 5.75 Å². The number of hydrogen-bond acceptors (Lipinski definition) is 8. The van der Waals surface area contributed by atoms with Crippen molar-refractivity contribution in [1.82, 2.24) is 15.0 Å². The Labute approximate surface area is 212 Å². The number of pyridine rings is 1. The standard InChI is InChI=1S/C25H29F3N6O3/c1-5-16(36-4)20-22(35)32-19-13(2)30-23(33-21(19)34(20)3)31-18-10-24(18)8-14(9-24)12-37-15-6-7-17(29-11-15)25(26,27)28/h5-7,11,14,16,18,20H,1,8-10,12H2,2-4H3,(H,32,35)(H,30,31,33)/t14-,16-,18?,20+,24+/m1/s1. The van der Waals surface area contributed by atoms with Crippen LogP contribution in [0.4, 0.5) is 30.6 Å². The van der Waals surface area contributed by atoms with Crippen molar-refractivity contribution in [1.29, 1.82) is 0 Å². The van der Waals surface area contributed by atoms with Crippen LogP contribution in [-0.4, -0.2) is 59.8 Å². The molecule has 2 aliphatic carbocycles. The van der Waals surface area contributed by atoms with Crippen LogP contribution in [-0.2, 0) is 15.7 Å². The highest BCUT2D eigenvalue weighted by molar-refractivity contribution is 6.04. The number of carbonyl (C=O) groups is 1. The van der Waals surface area contributed by atoms with Gasteiger partial charge in [-0.25, -0.2) is 9.97 Å². The summed E-state index contributed by atoms with van der Waals surface area (Å²) in [6.45, 7) is 6.03. The first-order chi connectivity index (χ1) is 17.5. The topological polar surface area (TPSA) is 102 Å². The van der Waals surface area contributed by atoms with Crippen LogP contribution in [0, 0.1) is 18.3 Å². The van der Waals surface area contributed by atoms with E-state index in [0.29, 0.717) is 41.4 Å². The minimum atomic E-state index is -4.46. The minimum absolute atomic E-state index is 0.159. The zero-order valence-corrected chi connectivity index (χ0v) is 20.8. The molecule has 3 heterocycles. The number of carbonyl (C=O) groups excluding carboxylic acids is 1. The van der Waals surface area contributed by atoms with Gasteiger partial charge in [0.2, 0.25) is 11.9 Å². The molecule has 3 atom stereocenters. The number of aromatic nitrogens is 3. The average Bonchev–Trinajstić information content (AvgIpc) is 3.54. The van der Waals surface area contributed by atoms with Gasteiger partial charge in [0, 0.05) is 20.2 Å². The smallest absolute Gasteiger partial charge is 0.433 e. The van der Waals surface area contributed by atoms with Crippen molar-refractivity contribution < 1.29 is 27.4 Å². The van der Waals surface area contributed by atoms with Gasteiger partial charge in [0.1, 0.15) is 29.3 Å². The summed E-state index contributed by atoms with van der Waals surface area (Å²) in [6, 6.07) is 1.86. The summed E-state index contributed by atoms with van der Waals surface area (Å²) < 4.78 is 49.1. The Kier molecular flexibility index (Phi) is 6.25. The predicted octanol–water partition coefficient (Wildman–Crippen LogP) is 3.82. The minimum Gasteiger partial charge on any atom is -0.492 e. The molecule has 2 fully saturated rings. The summed E-state index contributed by atoms with van der Waals surface area (Å²) in [7, 11) is 3.33. The van der Waals surface area contributed by atoms with Gasteiger partial charge in [-0.1, -0.05) is 6.08 Å². The molecule has 2 aromatic heterocycles. The van der Waals surface area contributed by atoms with Gasteiger partial charge in [-0.15, -0.1) is 6.58 Å². The molecule has 9 nitrogen and oxygen atoms in total. The second kappa shape index (κ2) is 9.16. The zero-order chi connectivity index (χ0) is 26.5. The summed E-state index contributed by atoms with van der Waals surface area (Å²) in [5.41, 5.74) is 0.472. The number of nitrogens with zero attached hydrogens (tertiary/aromatic N) is 4. The van der Waals surface area contributed by atoms with Crippen LogP contribution in [0.15, 0.2) is 31.0 Å². The van der Waals surface area contributed by atoms with Crippen molar-refractivity contribution in [2.75, 3.05) is 36.3 Å². The number of hydrogen-bond donors (Lipinski definition) is 2. The van der Waals surface area contributed by atoms with Gasteiger partial charge < -0.3 is 25.0 Å². The number of rotatable bonds is 8. The Bertz CT molecular complexity index is 1200. The van der Waals surface area contributed by atoms with E-state index < -0.39 is 24.0 Å². The van der Waals surface area contributed by atoms with Crippen molar-refractivity contribution in [3.05, 3.63) is 42.4 Å². The SMILES string of the molecule is C=C[C@@H](OC)[C@H]1C(=O)Nc2c(C)nc(NC3C[C@]34C[C@H](COc3ccc(C(F)(F)F)nc3)C4)nc2N1C. The molecule has 2 saturated carbocycles. The average molecular weight is 519 g/mol. The number of likely N-dealkylation sites (N-methyl/N-ethyl adjacent to an activating group) is 1. The second-order valence-corrected chi connectivity index (χ2v) is 10.0. The Morgan fingerprint density at radius 3 is 2.70 bits per heavy atom. The molecule has 0 aromatic carbocycles. The third kappa shape index (κ3) is 4.70. The molecule has 0 radical (unpaired) electrons. The summed E-state index contributed by atoms with van der Waals surface area (Å²) in [5.74, 6) is 1.57. The zero-order valence-electron chi connectivity index (χ0n) is 20.8. The quantitative estimate of drug-likeness (QED) is 0.509. The van der Waals surface area contributed by atoms with Gasteiger partial charge in [0.05, 0.1) is 18.5 Å². The van der Waals surface area contributed by atoms with Crippen LogP contribution in [0.1, 0.15) is 30.7 Å². The first kappa shape index (κ1) is 25.2. The molecule has 5 rings (SSSR count). The number of anilines is 3. The number of amides is 1. The molecule has 1 aliphatic heterocycles. The number of fused-ring (bicyclic) bond motifs is 1. The van der Waals surface area contributed by atoms with Crippen molar-refractivity contribution in [3.8, 4) is 5.75 Å². The third-order valence-electron chi connectivity index (χ3n) is 7.55. The molecule has 37 heavy (non-hydrogen) atoms. The fourth-order valence-corrected chi connectivity index (χ4v) is 5.47. The normalized spacial score (nSPS) is 27.1. The maximum Gasteiger partial charge on any atom is 0.433 e. The van der Waals surface area contributed by atoms with E-state index in [9.17, 15) is 18.0 Å². The van der Waals surface area contributed by atoms with Gasteiger partial charge in [-0.05, 0) is 49.7 Å². The van der Waals surface area contributed by atoms with Gasteiger partial charge in [0.15, 0.2) is 5.82 Å². The molecule has 2 N–H and O–H groups in total. The lowest BCUT2D eigenvalue weighted by atomic mass is 9.71. The van der Waals surface area contributed by atoms with Crippen molar-refractivity contribution >= 4 is 23.4 Å². The summed E-state index contributed by atoms with van der Waals surface area (Å²) in [6.07, 6.45) is 0.646. The van der Waals surface area contributed by atoms with E-state index >= 15 is 0 Å². The maximum absolute atomic E-state index is 12.7. The van der Waals surface area contributed by atoms with Crippen molar-refractivity contribution in [2.45, 2.75) is 50.6 Å². The molecule has 198 valence electrons. The summed E-state index contributed by atoms with van der Waals surface area (Å²) >= 11 is 0. The highest BCUT2D eigenvalue weighted by Crippen LogP contribution is 2.64. The summed E-state index contributed by atoms with van der Waals surface area (Å²) in [4.78, 5) is 27.2. The first-order valence-electron chi connectivity index (χ1n) is 12.0. The lowest BCUT2D eigenvalue weighted by Gasteiger charge is -2.38. The number of ether oxygens (including phenoxy) is 2. The Balaban J connectivity index is 1.17. The van der Waals surface area contributed by atoms with Crippen molar-refractivity contribution in [3.63, 3.8) is 0 Å². The van der Waals surface area contributed by atoms with E-state index in [1.165, 1.54) is 13.2 Å². The van der Waals surface area contributed by atoms with E-state index in [4.69, 9.17) is 14.5 Å². The number of methoxy groups -OCH3 is 1. The number of aryl methyl sites for hydroxylation is 1. The predicted molar refractivity (Wildman–Crippen MR) is 131 cm³/mol. The molecular formula is C25H29F3N6O3. The molecule has 12 heteroatoms. The van der Waals surface area contributed by atoms with Crippen molar-refractivity contribution in [2.24, 2.45) is 11.3 Å². The van der Waals surface area contributed by atoms with Gasteiger partial charge >= 0.3 is 6.18 Å². The van der Waals surface area contributed by atoms with Crippen LogP contribution < -0.4 is 20.3 Å². The largest absolute Gasteiger partial charge is 0.492 e. The summed E-state index contributed by atoms with van der Waals surface area (Å²) in [5, 5.41) is 6.35. The molecule has 0 bridgehead atoms.